The van der Waals surface area contributed by atoms with E-state index < -0.39 is 0 Å². The molecule has 0 aliphatic rings. The van der Waals surface area contributed by atoms with E-state index in [0.717, 1.165) is 11.3 Å². The molecule has 1 N–H and O–H groups in total. The second-order valence-electron chi connectivity index (χ2n) is 4.90. The molecule has 2 aromatic rings. The average molecular weight is 278 g/mol. The van der Waals surface area contributed by atoms with Crippen molar-refractivity contribution in [3.05, 3.63) is 63.4 Å². The Hall–Kier alpha value is -1.54. The minimum Gasteiger partial charge on any atom is -0.381 e. The van der Waals surface area contributed by atoms with Crippen molar-refractivity contribution in [3.8, 4) is 0 Å². The highest BCUT2D eigenvalue weighted by atomic mass is 35.5. The van der Waals surface area contributed by atoms with Crippen molar-refractivity contribution in [3.63, 3.8) is 0 Å². The molecular formula is C16H17ClFN. The molecule has 0 atom stereocenters. The van der Waals surface area contributed by atoms with Crippen LogP contribution in [0.4, 0.5) is 10.1 Å². The van der Waals surface area contributed by atoms with E-state index in [2.05, 4.69) is 38.2 Å². The van der Waals surface area contributed by atoms with Crippen LogP contribution >= 0.6 is 11.6 Å². The standard InChI is InChI=1S/C16H17ClFN/c1-10-4-11(2)16(12(3)5-10)19-9-13-6-14(17)8-15(18)7-13/h4-8,19H,9H2,1-3H3. The molecule has 3 heteroatoms. The van der Waals surface area contributed by atoms with Crippen molar-refractivity contribution >= 4 is 17.3 Å². The Labute approximate surface area is 118 Å². The zero-order valence-electron chi connectivity index (χ0n) is 11.3. The summed E-state index contributed by atoms with van der Waals surface area (Å²) in [6, 6.07) is 8.85. The number of hydrogen-bond acceptors (Lipinski definition) is 1. The fourth-order valence-electron chi connectivity index (χ4n) is 2.36. The molecule has 0 bridgehead atoms. The molecule has 0 heterocycles. The summed E-state index contributed by atoms with van der Waals surface area (Å²) in [5, 5.41) is 3.78. The number of nitrogens with one attached hydrogen (secondary N) is 1. The van der Waals surface area contributed by atoms with Crippen LogP contribution in [0.25, 0.3) is 0 Å². The van der Waals surface area contributed by atoms with Gasteiger partial charge in [0, 0.05) is 17.3 Å². The molecule has 19 heavy (non-hydrogen) atoms. The predicted molar refractivity (Wildman–Crippen MR) is 79.4 cm³/mol. The number of benzene rings is 2. The van der Waals surface area contributed by atoms with Crippen molar-refractivity contribution in [1.29, 1.82) is 0 Å². The fraction of sp³-hybridized carbons (Fsp3) is 0.250. The molecular weight excluding hydrogens is 261 g/mol. The highest BCUT2D eigenvalue weighted by Gasteiger charge is 2.04. The summed E-state index contributed by atoms with van der Waals surface area (Å²) < 4.78 is 13.3. The number of halogens is 2. The van der Waals surface area contributed by atoms with Crippen LogP contribution in [0.5, 0.6) is 0 Å². The van der Waals surface area contributed by atoms with Crippen LogP contribution in [0.2, 0.25) is 5.02 Å². The van der Waals surface area contributed by atoms with Gasteiger partial charge in [0.15, 0.2) is 0 Å². The topological polar surface area (TPSA) is 12.0 Å². The van der Waals surface area contributed by atoms with Gasteiger partial charge >= 0.3 is 0 Å². The van der Waals surface area contributed by atoms with Gasteiger partial charge in [0.25, 0.3) is 0 Å². The highest BCUT2D eigenvalue weighted by molar-refractivity contribution is 6.30. The van der Waals surface area contributed by atoms with Gasteiger partial charge in [-0.05, 0) is 55.7 Å². The second-order valence-corrected chi connectivity index (χ2v) is 5.34. The number of aryl methyl sites for hydroxylation is 3. The van der Waals surface area contributed by atoms with E-state index in [-0.39, 0.29) is 5.82 Å². The van der Waals surface area contributed by atoms with E-state index in [1.807, 2.05) is 0 Å². The van der Waals surface area contributed by atoms with Crippen LogP contribution in [0, 0.1) is 26.6 Å². The van der Waals surface area contributed by atoms with E-state index in [4.69, 9.17) is 11.6 Å². The van der Waals surface area contributed by atoms with Crippen LogP contribution in [-0.4, -0.2) is 0 Å². The fourth-order valence-corrected chi connectivity index (χ4v) is 2.61. The minimum atomic E-state index is -0.304. The van der Waals surface area contributed by atoms with E-state index >= 15 is 0 Å². The zero-order chi connectivity index (χ0) is 14.0. The first-order chi connectivity index (χ1) is 8.95. The lowest BCUT2D eigenvalue weighted by Crippen LogP contribution is -2.03. The van der Waals surface area contributed by atoms with E-state index in [9.17, 15) is 4.39 Å². The van der Waals surface area contributed by atoms with Gasteiger partial charge in [0.2, 0.25) is 0 Å². The van der Waals surface area contributed by atoms with Gasteiger partial charge < -0.3 is 5.32 Å². The van der Waals surface area contributed by atoms with E-state index in [1.54, 1.807) is 6.07 Å². The summed E-state index contributed by atoms with van der Waals surface area (Å²) in [5.74, 6) is -0.304. The molecule has 0 saturated carbocycles. The Morgan fingerprint density at radius 2 is 1.63 bits per heavy atom. The summed E-state index contributed by atoms with van der Waals surface area (Å²) in [4.78, 5) is 0. The molecule has 1 nitrogen and oxygen atoms in total. The first kappa shape index (κ1) is 13.9. The summed E-state index contributed by atoms with van der Waals surface area (Å²) in [5.41, 5.74) is 5.57. The maximum atomic E-state index is 13.3. The number of anilines is 1. The second kappa shape index (κ2) is 5.62. The highest BCUT2D eigenvalue weighted by Crippen LogP contribution is 2.23. The molecule has 0 aromatic heterocycles. The number of rotatable bonds is 3. The largest absolute Gasteiger partial charge is 0.381 e. The molecule has 0 amide bonds. The molecule has 0 radical (unpaired) electrons. The minimum absolute atomic E-state index is 0.304. The first-order valence-electron chi connectivity index (χ1n) is 6.22. The third-order valence-electron chi connectivity index (χ3n) is 3.07. The molecule has 0 aliphatic heterocycles. The zero-order valence-corrected chi connectivity index (χ0v) is 12.1. The molecule has 0 aliphatic carbocycles. The lowest BCUT2D eigenvalue weighted by Gasteiger charge is -2.14. The maximum Gasteiger partial charge on any atom is 0.125 e. The van der Waals surface area contributed by atoms with Gasteiger partial charge in [-0.3, -0.25) is 0 Å². The predicted octanol–water partition coefficient (Wildman–Crippen LogP) is 5.02. The molecule has 2 aromatic carbocycles. The van der Waals surface area contributed by atoms with Crippen LogP contribution in [-0.2, 0) is 6.54 Å². The summed E-state index contributed by atoms with van der Waals surface area (Å²) >= 11 is 5.85. The van der Waals surface area contributed by atoms with Crippen molar-refractivity contribution in [2.45, 2.75) is 27.3 Å². The van der Waals surface area contributed by atoms with Crippen molar-refractivity contribution in [2.24, 2.45) is 0 Å². The normalized spacial score (nSPS) is 10.6. The summed E-state index contributed by atoms with van der Waals surface area (Å²) in [6.07, 6.45) is 0. The monoisotopic (exact) mass is 277 g/mol. The Morgan fingerprint density at radius 3 is 2.21 bits per heavy atom. The SMILES string of the molecule is Cc1cc(C)c(NCc2cc(F)cc(Cl)c2)c(C)c1. The third-order valence-corrected chi connectivity index (χ3v) is 3.29. The first-order valence-corrected chi connectivity index (χ1v) is 6.60. The quantitative estimate of drug-likeness (QED) is 0.831. The average Bonchev–Trinajstić information content (AvgIpc) is 2.25. The van der Waals surface area contributed by atoms with Crippen molar-refractivity contribution in [2.75, 3.05) is 5.32 Å². The molecule has 0 saturated heterocycles. The van der Waals surface area contributed by atoms with Crippen LogP contribution in [0.3, 0.4) is 0 Å². The third kappa shape index (κ3) is 3.48. The lowest BCUT2D eigenvalue weighted by molar-refractivity contribution is 0.626. The summed E-state index contributed by atoms with van der Waals surface area (Å²) in [6.45, 7) is 6.78. The number of hydrogen-bond donors (Lipinski definition) is 1. The van der Waals surface area contributed by atoms with Crippen molar-refractivity contribution < 1.29 is 4.39 Å². The maximum absolute atomic E-state index is 13.3. The van der Waals surface area contributed by atoms with Gasteiger partial charge in [-0.15, -0.1) is 0 Å². The lowest BCUT2D eigenvalue weighted by atomic mass is 10.0. The van der Waals surface area contributed by atoms with Gasteiger partial charge in [0.1, 0.15) is 5.82 Å². The van der Waals surface area contributed by atoms with Gasteiger partial charge in [0.05, 0.1) is 0 Å². The summed E-state index contributed by atoms with van der Waals surface area (Å²) in [7, 11) is 0. The molecule has 0 spiro atoms. The van der Waals surface area contributed by atoms with Gasteiger partial charge in [-0.25, -0.2) is 4.39 Å². The molecule has 100 valence electrons. The van der Waals surface area contributed by atoms with E-state index in [1.165, 1.54) is 28.8 Å². The van der Waals surface area contributed by atoms with Gasteiger partial charge in [-0.2, -0.15) is 0 Å². The Kier molecular flexibility index (Phi) is 4.11. The Morgan fingerprint density at radius 1 is 1.00 bits per heavy atom. The van der Waals surface area contributed by atoms with Crippen molar-refractivity contribution in [1.82, 2.24) is 0 Å². The van der Waals surface area contributed by atoms with E-state index in [0.29, 0.717) is 11.6 Å². The molecule has 0 unspecified atom stereocenters. The van der Waals surface area contributed by atoms with Crippen LogP contribution in [0.15, 0.2) is 30.3 Å². The van der Waals surface area contributed by atoms with Crippen LogP contribution < -0.4 is 5.32 Å². The van der Waals surface area contributed by atoms with Gasteiger partial charge in [-0.1, -0.05) is 29.3 Å². The Bertz CT molecular complexity index is 564. The molecule has 2 rings (SSSR count). The van der Waals surface area contributed by atoms with Crippen LogP contribution in [0.1, 0.15) is 22.3 Å². The smallest absolute Gasteiger partial charge is 0.125 e. The molecule has 0 fully saturated rings. The Balaban J connectivity index is 2.19.